The predicted molar refractivity (Wildman–Crippen MR) is 78.7 cm³/mol. The van der Waals surface area contributed by atoms with Crippen molar-refractivity contribution in [2.24, 2.45) is 0 Å². The molecular weight excluding hydrogens is 288 g/mol. The number of halogens is 1. The largest absolute Gasteiger partial charge is 0.359 e. The summed E-state index contributed by atoms with van der Waals surface area (Å²) in [6.45, 7) is 4.16. The minimum atomic E-state index is 0.361. The van der Waals surface area contributed by atoms with Gasteiger partial charge in [0, 0.05) is 18.3 Å². The number of hydrogen-bond donors (Lipinski definition) is 1. The summed E-state index contributed by atoms with van der Waals surface area (Å²) in [5.74, 6) is 0. The van der Waals surface area contributed by atoms with Crippen molar-refractivity contribution in [2.45, 2.75) is 25.0 Å². The molecule has 0 spiro atoms. The Labute approximate surface area is 119 Å². The average molecular weight is 301 g/mol. The van der Waals surface area contributed by atoms with E-state index in [0.717, 1.165) is 15.7 Å². The molecule has 4 nitrogen and oxygen atoms in total. The first-order valence-electron chi connectivity index (χ1n) is 5.40. The van der Waals surface area contributed by atoms with Gasteiger partial charge in [0.15, 0.2) is 10.3 Å². The molecule has 0 aromatic carbocycles. The molecule has 0 radical (unpaired) electrons. The van der Waals surface area contributed by atoms with E-state index in [1.807, 2.05) is 6.26 Å². The monoisotopic (exact) mass is 300 g/mol. The molecule has 2 rings (SSSR count). The van der Waals surface area contributed by atoms with E-state index in [2.05, 4.69) is 34.1 Å². The van der Waals surface area contributed by atoms with Crippen molar-refractivity contribution in [2.75, 3.05) is 11.6 Å². The van der Waals surface area contributed by atoms with Crippen LogP contribution in [0.4, 0.5) is 5.13 Å². The van der Waals surface area contributed by atoms with Gasteiger partial charge in [0.05, 0.1) is 10.6 Å². The summed E-state index contributed by atoms with van der Waals surface area (Å²) in [6.07, 6.45) is 3.73. The van der Waals surface area contributed by atoms with Gasteiger partial charge in [-0.2, -0.15) is 0 Å². The molecule has 0 bridgehead atoms. The summed E-state index contributed by atoms with van der Waals surface area (Å²) < 4.78 is 0. The molecule has 0 aliphatic carbocycles. The SMILES string of the molecule is CSc1nc(Cl)cc(-c2cnc(NC(C)C)s2)n1. The first kappa shape index (κ1) is 13.6. The highest BCUT2D eigenvalue weighted by atomic mass is 35.5. The number of thioether (sulfide) groups is 1. The first-order chi connectivity index (χ1) is 8.58. The fraction of sp³-hybridized carbons (Fsp3) is 0.364. The van der Waals surface area contributed by atoms with E-state index in [1.165, 1.54) is 11.8 Å². The Bertz CT molecular complexity index is 542. The van der Waals surface area contributed by atoms with Gasteiger partial charge in [-0.15, -0.1) is 0 Å². The molecule has 0 amide bonds. The molecule has 1 N–H and O–H groups in total. The summed E-state index contributed by atoms with van der Waals surface area (Å²) in [7, 11) is 0. The number of nitrogens with zero attached hydrogens (tertiary/aromatic N) is 3. The van der Waals surface area contributed by atoms with Crippen LogP contribution in [0.15, 0.2) is 17.4 Å². The summed E-state index contributed by atoms with van der Waals surface area (Å²) in [5, 5.41) is 5.28. The molecule has 0 saturated carbocycles. The number of hydrogen-bond acceptors (Lipinski definition) is 6. The second-order valence-electron chi connectivity index (χ2n) is 3.89. The van der Waals surface area contributed by atoms with Crippen molar-refractivity contribution in [1.29, 1.82) is 0 Å². The van der Waals surface area contributed by atoms with E-state index in [-0.39, 0.29) is 0 Å². The molecule has 7 heteroatoms. The smallest absolute Gasteiger partial charge is 0.189 e. The van der Waals surface area contributed by atoms with Gasteiger partial charge in [0.25, 0.3) is 0 Å². The van der Waals surface area contributed by atoms with E-state index in [9.17, 15) is 0 Å². The Hall–Kier alpha value is -0.850. The molecule has 96 valence electrons. The molecule has 0 fully saturated rings. The predicted octanol–water partition coefficient (Wildman–Crippen LogP) is 3.80. The van der Waals surface area contributed by atoms with Gasteiger partial charge >= 0.3 is 0 Å². The number of thiazole rings is 1. The second kappa shape index (κ2) is 5.86. The Kier molecular flexibility index (Phi) is 4.42. The summed E-state index contributed by atoms with van der Waals surface area (Å²) in [5.41, 5.74) is 0.814. The van der Waals surface area contributed by atoms with E-state index in [4.69, 9.17) is 11.6 Å². The number of aromatic nitrogens is 3. The molecule has 0 saturated heterocycles. The van der Waals surface area contributed by atoms with Gasteiger partial charge in [-0.1, -0.05) is 34.7 Å². The maximum absolute atomic E-state index is 5.97. The molecule has 2 aromatic rings. The molecule has 2 heterocycles. The zero-order valence-electron chi connectivity index (χ0n) is 10.3. The molecule has 0 atom stereocenters. The van der Waals surface area contributed by atoms with Gasteiger partial charge in [-0.25, -0.2) is 15.0 Å². The standard InChI is InChI=1S/C11H13ClN4S2/c1-6(2)14-10-13-5-8(18-10)7-4-9(12)16-11(15-7)17-3/h4-6H,1-3H3,(H,13,14). The molecular formula is C11H13ClN4S2. The lowest BCUT2D eigenvalue weighted by atomic mass is 10.4. The summed E-state index contributed by atoms with van der Waals surface area (Å²) in [6, 6.07) is 2.12. The van der Waals surface area contributed by atoms with Gasteiger partial charge in [-0.3, -0.25) is 0 Å². The van der Waals surface area contributed by atoms with Crippen LogP contribution in [0.5, 0.6) is 0 Å². The molecule has 0 unspecified atom stereocenters. The fourth-order valence-corrected chi connectivity index (χ4v) is 2.86. The molecule has 0 aliphatic heterocycles. The van der Waals surface area contributed by atoms with E-state index in [1.54, 1.807) is 23.6 Å². The lowest BCUT2D eigenvalue weighted by Crippen LogP contribution is -2.08. The van der Waals surface area contributed by atoms with Crippen molar-refractivity contribution in [3.05, 3.63) is 17.4 Å². The minimum absolute atomic E-state index is 0.361. The first-order valence-corrected chi connectivity index (χ1v) is 7.81. The van der Waals surface area contributed by atoms with Gasteiger partial charge in [0.1, 0.15) is 5.15 Å². The number of nitrogens with one attached hydrogen (secondary N) is 1. The minimum Gasteiger partial charge on any atom is -0.359 e. The van der Waals surface area contributed by atoms with Crippen molar-refractivity contribution < 1.29 is 0 Å². The highest BCUT2D eigenvalue weighted by Crippen LogP contribution is 2.30. The third kappa shape index (κ3) is 3.34. The maximum atomic E-state index is 5.97. The van der Waals surface area contributed by atoms with Crippen LogP contribution in [0, 0.1) is 0 Å². The average Bonchev–Trinajstić information content (AvgIpc) is 2.75. The van der Waals surface area contributed by atoms with Crippen LogP contribution in [0.2, 0.25) is 5.15 Å². The van der Waals surface area contributed by atoms with Crippen molar-refractivity contribution in [3.8, 4) is 10.6 Å². The van der Waals surface area contributed by atoms with Gasteiger partial charge < -0.3 is 5.32 Å². The second-order valence-corrected chi connectivity index (χ2v) is 6.08. The van der Waals surface area contributed by atoms with E-state index in [0.29, 0.717) is 16.4 Å². The molecule has 2 aromatic heterocycles. The third-order valence-corrected chi connectivity index (χ3v) is 3.72. The molecule has 18 heavy (non-hydrogen) atoms. The molecule has 0 aliphatic rings. The number of anilines is 1. The normalized spacial score (nSPS) is 10.9. The van der Waals surface area contributed by atoms with Crippen molar-refractivity contribution in [3.63, 3.8) is 0 Å². The lowest BCUT2D eigenvalue weighted by Gasteiger charge is -2.04. The fourth-order valence-electron chi connectivity index (χ4n) is 1.32. The van der Waals surface area contributed by atoms with E-state index < -0.39 is 0 Å². The van der Waals surface area contributed by atoms with Crippen LogP contribution in [0.25, 0.3) is 10.6 Å². The van der Waals surface area contributed by atoms with Crippen molar-refractivity contribution >= 4 is 39.8 Å². The van der Waals surface area contributed by atoms with Crippen LogP contribution in [0.1, 0.15) is 13.8 Å². The third-order valence-electron chi connectivity index (χ3n) is 2.03. The van der Waals surface area contributed by atoms with Crippen LogP contribution in [-0.2, 0) is 0 Å². The van der Waals surface area contributed by atoms with Crippen molar-refractivity contribution in [1.82, 2.24) is 15.0 Å². The summed E-state index contributed by atoms with van der Waals surface area (Å²) in [4.78, 5) is 13.8. The van der Waals surface area contributed by atoms with Crippen LogP contribution < -0.4 is 5.32 Å². The quantitative estimate of drug-likeness (QED) is 0.529. The summed E-state index contributed by atoms with van der Waals surface area (Å²) >= 11 is 9.01. The lowest BCUT2D eigenvalue weighted by molar-refractivity contribution is 0.896. The Balaban J connectivity index is 2.30. The zero-order valence-corrected chi connectivity index (χ0v) is 12.7. The maximum Gasteiger partial charge on any atom is 0.189 e. The van der Waals surface area contributed by atoms with Gasteiger partial charge in [0.2, 0.25) is 0 Å². The van der Waals surface area contributed by atoms with E-state index >= 15 is 0 Å². The Morgan fingerprint density at radius 2 is 2.17 bits per heavy atom. The number of rotatable bonds is 4. The Morgan fingerprint density at radius 3 is 2.83 bits per heavy atom. The van der Waals surface area contributed by atoms with Crippen LogP contribution >= 0.6 is 34.7 Å². The topological polar surface area (TPSA) is 50.7 Å². The zero-order chi connectivity index (χ0) is 13.1. The highest BCUT2D eigenvalue weighted by Gasteiger charge is 2.09. The van der Waals surface area contributed by atoms with Gasteiger partial charge in [-0.05, 0) is 20.1 Å². The van der Waals surface area contributed by atoms with Crippen LogP contribution in [-0.4, -0.2) is 27.2 Å². The Morgan fingerprint density at radius 1 is 1.39 bits per heavy atom. The highest BCUT2D eigenvalue weighted by molar-refractivity contribution is 7.98. The van der Waals surface area contributed by atoms with Crippen LogP contribution in [0.3, 0.4) is 0 Å².